The smallest absolute Gasteiger partial charge is 0.238 e. The molecule has 1 aliphatic rings. The van der Waals surface area contributed by atoms with Crippen LogP contribution < -0.4 is 11.1 Å². The SMILES string of the molecule is CCNC(CSCCC(C)C)(C(N)=O)C1CC1. The van der Waals surface area contributed by atoms with Crippen molar-refractivity contribution >= 4 is 17.7 Å². The molecule has 1 fully saturated rings. The summed E-state index contributed by atoms with van der Waals surface area (Å²) in [4.78, 5) is 11.8. The quantitative estimate of drug-likeness (QED) is 0.622. The second-order valence-corrected chi connectivity index (χ2v) is 6.48. The lowest BCUT2D eigenvalue weighted by molar-refractivity contribution is -0.124. The molecule has 0 aliphatic heterocycles. The van der Waals surface area contributed by atoms with Crippen molar-refractivity contribution in [1.29, 1.82) is 0 Å². The Bertz CT molecular complexity index is 254. The molecule has 17 heavy (non-hydrogen) atoms. The number of rotatable bonds is 9. The number of nitrogens with one attached hydrogen (secondary N) is 1. The van der Waals surface area contributed by atoms with Gasteiger partial charge in [0.15, 0.2) is 0 Å². The molecule has 0 spiro atoms. The summed E-state index contributed by atoms with van der Waals surface area (Å²) >= 11 is 1.86. The molecule has 100 valence electrons. The first-order valence-corrected chi connectivity index (χ1v) is 7.81. The molecule has 1 aliphatic carbocycles. The normalized spacial score (nSPS) is 19.3. The van der Waals surface area contributed by atoms with E-state index in [1.165, 1.54) is 6.42 Å². The van der Waals surface area contributed by atoms with Gasteiger partial charge in [-0.25, -0.2) is 0 Å². The van der Waals surface area contributed by atoms with E-state index in [0.717, 1.165) is 36.8 Å². The monoisotopic (exact) mass is 258 g/mol. The van der Waals surface area contributed by atoms with E-state index in [1.54, 1.807) is 0 Å². The fourth-order valence-corrected chi connectivity index (χ4v) is 3.70. The van der Waals surface area contributed by atoms with E-state index in [2.05, 4.69) is 19.2 Å². The lowest BCUT2D eigenvalue weighted by Crippen LogP contribution is -2.59. The van der Waals surface area contributed by atoms with Crippen LogP contribution in [0.4, 0.5) is 0 Å². The fraction of sp³-hybridized carbons (Fsp3) is 0.923. The van der Waals surface area contributed by atoms with Crippen LogP contribution in [-0.4, -0.2) is 29.5 Å². The van der Waals surface area contributed by atoms with Crippen molar-refractivity contribution in [3.8, 4) is 0 Å². The number of thioether (sulfide) groups is 1. The van der Waals surface area contributed by atoms with Crippen LogP contribution in [-0.2, 0) is 4.79 Å². The van der Waals surface area contributed by atoms with Gasteiger partial charge in [-0.2, -0.15) is 11.8 Å². The maximum atomic E-state index is 11.8. The number of likely N-dealkylation sites (N-methyl/N-ethyl adjacent to an activating group) is 1. The molecule has 0 aromatic heterocycles. The summed E-state index contributed by atoms with van der Waals surface area (Å²) in [5, 5.41) is 3.35. The number of amides is 1. The number of hydrogen-bond donors (Lipinski definition) is 2. The number of primary amides is 1. The van der Waals surface area contributed by atoms with E-state index < -0.39 is 5.54 Å². The Kier molecular flexibility index (Phi) is 5.80. The van der Waals surface area contributed by atoms with Crippen LogP contribution in [0, 0.1) is 11.8 Å². The minimum absolute atomic E-state index is 0.168. The largest absolute Gasteiger partial charge is 0.368 e. The first-order chi connectivity index (χ1) is 8.03. The van der Waals surface area contributed by atoms with Crippen LogP contribution in [0.25, 0.3) is 0 Å². The topological polar surface area (TPSA) is 55.1 Å². The van der Waals surface area contributed by atoms with Gasteiger partial charge in [0.05, 0.1) is 0 Å². The highest BCUT2D eigenvalue weighted by molar-refractivity contribution is 7.99. The van der Waals surface area contributed by atoms with E-state index in [-0.39, 0.29) is 5.91 Å². The highest BCUT2D eigenvalue weighted by Gasteiger charge is 2.48. The Balaban J connectivity index is 2.48. The molecule has 3 N–H and O–H groups in total. The summed E-state index contributed by atoms with van der Waals surface area (Å²) in [6.07, 6.45) is 3.48. The van der Waals surface area contributed by atoms with Crippen LogP contribution in [0.1, 0.15) is 40.0 Å². The zero-order valence-electron chi connectivity index (χ0n) is 11.3. The Labute approximate surface area is 109 Å². The van der Waals surface area contributed by atoms with Crippen molar-refractivity contribution < 1.29 is 4.79 Å². The van der Waals surface area contributed by atoms with E-state index in [0.29, 0.717) is 5.92 Å². The van der Waals surface area contributed by atoms with Gasteiger partial charge in [-0.15, -0.1) is 0 Å². The molecule has 0 saturated heterocycles. The minimum Gasteiger partial charge on any atom is -0.368 e. The maximum Gasteiger partial charge on any atom is 0.238 e. The number of hydrogen-bond acceptors (Lipinski definition) is 3. The molecule has 0 aromatic rings. The molecule has 0 radical (unpaired) electrons. The van der Waals surface area contributed by atoms with E-state index in [4.69, 9.17) is 5.73 Å². The van der Waals surface area contributed by atoms with Gasteiger partial charge >= 0.3 is 0 Å². The van der Waals surface area contributed by atoms with Crippen molar-refractivity contribution in [3.63, 3.8) is 0 Å². The van der Waals surface area contributed by atoms with Crippen molar-refractivity contribution in [2.75, 3.05) is 18.1 Å². The van der Waals surface area contributed by atoms with E-state index in [1.807, 2.05) is 18.7 Å². The van der Waals surface area contributed by atoms with Gasteiger partial charge in [0, 0.05) is 5.75 Å². The molecule has 0 bridgehead atoms. The predicted octanol–water partition coefficient (Wildman–Crippen LogP) is 2.01. The number of carbonyl (C=O) groups is 1. The first-order valence-electron chi connectivity index (χ1n) is 6.65. The Morgan fingerprint density at radius 1 is 1.53 bits per heavy atom. The van der Waals surface area contributed by atoms with Crippen LogP contribution in [0.2, 0.25) is 0 Å². The molecule has 1 atom stereocenters. The molecule has 0 heterocycles. The van der Waals surface area contributed by atoms with Gasteiger partial charge in [0.2, 0.25) is 5.91 Å². The van der Waals surface area contributed by atoms with Gasteiger partial charge in [-0.1, -0.05) is 20.8 Å². The molecule has 1 unspecified atom stereocenters. The molecular weight excluding hydrogens is 232 g/mol. The zero-order valence-corrected chi connectivity index (χ0v) is 12.1. The highest BCUT2D eigenvalue weighted by atomic mass is 32.2. The van der Waals surface area contributed by atoms with Gasteiger partial charge in [-0.3, -0.25) is 4.79 Å². The van der Waals surface area contributed by atoms with Crippen molar-refractivity contribution in [3.05, 3.63) is 0 Å². The van der Waals surface area contributed by atoms with E-state index in [9.17, 15) is 4.79 Å². The molecular formula is C13H26N2OS. The van der Waals surface area contributed by atoms with Crippen LogP contribution in [0.15, 0.2) is 0 Å². The lowest BCUT2D eigenvalue weighted by Gasteiger charge is -2.31. The standard InChI is InChI=1S/C13H26N2OS/c1-4-15-13(12(14)16,11-5-6-11)9-17-8-7-10(2)3/h10-11,15H,4-9H2,1-3H3,(H2,14,16). The van der Waals surface area contributed by atoms with Crippen molar-refractivity contribution in [2.45, 2.75) is 45.6 Å². The first kappa shape index (κ1) is 14.8. The lowest BCUT2D eigenvalue weighted by atomic mass is 9.94. The van der Waals surface area contributed by atoms with Gasteiger partial charge in [0.1, 0.15) is 5.54 Å². The summed E-state index contributed by atoms with van der Waals surface area (Å²) in [6.45, 7) is 7.31. The summed E-state index contributed by atoms with van der Waals surface area (Å²) < 4.78 is 0. The Morgan fingerprint density at radius 2 is 2.18 bits per heavy atom. The maximum absolute atomic E-state index is 11.8. The Morgan fingerprint density at radius 3 is 2.59 bits per heavy atom. The summed E-state index contributed by atoms with van der Waals surface area (Å²) in [5.74, 6) is 2.97. The predicted molar refractivity (Wildman–Crippen MR) is 75.1 cm³/mol. The zero-order chi connectivity index (χ0) is 12.9. The molecule has 1 amide bonds. The fourth-order valence-electron chi connectivity index (χ4n) is 2.12. The molecule has 1 rings (SSSR count). The second-order valence-electron chi connectivity index (χ2n) is 5.38. The number of nitrogens with two attached hydrogens (primary N) is 1. The average Bonchev–Trinajstić information content (AvgIpc) is 3.05. The third kappa shape index (κ3) is 4.18. The molecule has 0 aromatic carbocycles. The number of carbonyl (C=O) groups excluding carboxylic acids is 1. The third-order valence-electron chi connectivity index (χ3n) is 3.38. The third-order valence-corrected chi connectivity index (χ3v) is 4.56. The summed E-state index contributed by atoms with van der Waals surface area (Å²) in [7, 11) is 0. The van der Waals surface area contributed by atoms with Gasteiger partial charge in [-0.05, 0) is 43.4 Å². The van der Waals surface area contributed by atoms with Gasteiger partial charge in [0.25, 0.3) is 0 Å². The van der Waals surface area contributed by atoms with E-state index >= 15 is 0 Å². The van der Waals surface area contributed by atoms with Gasteiger partial charge < -0.3 is 11.1 Å². The summed E-state index contributed by atoms with van der Waals surface area (Å²) in [6, 6.07) is 0. The van der Waals surface area contributed by atoms with Crippen LogP contribution in [0.5, 0.6) is 0 Å². The highest BCUT2D eigenvalue weighted by Crippen LogP contribution is 2.41. The molecule has 1 saturated carbocycles. The molecule has 4 heteroatoms. The second kappa shape index (κ2) is 6.64. The average molecular weight is 258 g/mol. The minimum atomic E-state index is -0.448. The summed E-state index contributed by atoms with van der Waals surface area (Å²) in [5.41, 5.74) is 5.18. The van der Waals surface area contributed by atoms with Crippen LogP contribution >= 0.6 is 11.8 Å². The molecule has 3 nitrogen and oxygen atoms in total. The van der Waals surface area contributed by atoms with Crippen molar-refractivity contribution in [1.82, 2.24) is 5.32 Å². The Hall–Kier alpha value is -0.220. The van der Waals surface area contributed by atoms with Crippen LogP contribution in [0.3, 0.4) is 0 Å². The van der Waals surface area contributed by atoms with Crippen molar-refractivity contribution in [2.24, 2.45) is 17.6 Å².